The Kier molecular flexibility index (Phi) is 7.16. The molecule has 0 aromatic carbocycles. The molecule has 1 saturated carbocycles. The summed E-state index contributed by atoms with van der Waals surface area (Å²) < 4.78 is 0. The van der Waals surface area contributed by atoms with Crippen molar-refractivity contribution < 1.29 is 14.7 Å². The molecular formula is C13H23NO3S. The van der Waals surface area contributed by atoms with E-state index in [0.717, 1.165) is 12.2 Å². The maximum atomic E-state index is 11.7. The van der Waals surface area contributed by atoms with E-state index in [-0.39, 0.29) is 5.91 Å². The van der Waals surface area contributed by atoms with Gasteiger partial charge in [-0.2, -0.15) is 11.8 Å². The summed E-state index contributed by atoms with van der Waals surface area (Å²) in [6.45, 7) is 0. The lowest BCUT2D eigenvalue weighted by Crippen LogP contribution is -2.41. The standard InChI is InChI=1S/C13H23NO3S/c1-18-9-8-11(13(16)17)14-12(15)7-6-10-4-2-3-5-10/h10-11H,2-9H2,1H3,(H,14,15)(H,16,17). The van der Waals surface area contributed by atoms with Gasteiger partial charge in [0.15, 0.2) is 0 Å². The van der Waals surface area contributed by atoms with Crippen LogP contribution < -0.4 is 5.32 Å². The van der Waals surface area contributed by atoms with E-state index in [0.29, 0.717) is 18.8 Å². The summed E-state index contributed by atoms with van der Waals surface area (Å²) in [6.07, 6.45) is 8.79. The maximum Gasteiger partial charge on any atom is 0.326 e. The average molecular weight is 273 g/mol. The molecule has 0 spiro atoms. The second kappa shape index (κ2) is 8.40. The van der Waals surface area contributed by atoms with Crippen LogP contribution in [-0.4, -0.2) is 35.0 Å². The minimum Gasteiger partial charge on any atom is -0.480 e. The Hall–Kier alpha value is -0.710. The summed E-state index contributed by atoms with van der Waals surface area (Å²) in [4.78, 5) is 22.7. The normalized spacial score (nSPS) is 17.6. The minimum absolute atomic E-state index is 0.115. The third-order valence-electron chi connectivity index (χ3n) is 3.50. The van der Waals surface area contributed by atoms with Crippen molar-refractivity contribution in [1.29, 1.82) is 0 Å². The molecule has 1 aliphatic carbocycles. The number of aliphatic carboxylic acids is 1. The smallest absolute Gasteiger partial charge is 0.326 e. The van der Waals surface area contributed by atoms with Crippen molar-refractivity contribution in [2.75, 3.05) is 12.0 Å². The van der Waals surface area contributed by atoms with E-state index < -0.39 is 12.0 Å². The third-order valence-corrected chi connectivity index (χ3v) is 4.14. The van der Waals surface area contributed by atoms with Gasteiger partial charge in [-0.25, -0.2) is 4.79 Å². The van der Waals surface area contributed by atoms with Crippen molar-refractivity contribution in [2.24, 2.45) is 5.92 Å². The van der Waals surface area contributed by atoms with E-state index in [1.165, 1.54) is 25.7 Å². The first-order valence-corrected chi connectivity index (χ1v) is 8.04. The molecule has 1 fully saturated rings. The van der Waals surface area contributed by atoms with Crippen LogP contribution in [-0.2, 0) is 9.59 Å². The number of amides is 1. The number of hydrogen-bond donors (Lipinski definition) is 2. The summed E-state index contributed by atoms with van der Waals surface area (Å²) in [5.41, 5.74) is 0. The summed E-state index contributed by atoms with van der Waals surface area (Å²) in [6, 6.07) is -0.728. The van der Waals surface area contributed by atoms with Crippen molar-refractivity contribution in [3.63, 3.8) is 0 Å². The lowest BCUT2D eigenvalue weighted by molar-refractivity contribution is -0.141. The van der Waals surface area contributed by atoms with Gasteiger partial charge in [-0.05, 0) is 30.8 Å². The monoisotopic (exact) mass is 273 g/mol. The van der Waals surface area contributed by atoms with E-state index in [4.69, 9.17) is 5.11 Å². The van der Waals surface area contributed by atoms with Crippen LogP contribution in [0.2, 0.25) is 0 Å². The van der Waals surface area contributed by atoms with Gasteiger partial charge in [0.2, 0.25) is 5.91 Å². The maximum absolute atomic E-state index is 11.7. The predicted octanol–water partition coefficient (Wildman–Crippen LogP) is 2.28. The van der Waals surface area contributed by atoms with Crippen molar-refractivity contribution in [2.45, 2.75) is 51.0 Å². The first-order chi connectivity index (χ1) is 8.63. The molecule has 104 valence electrons. The molecule has 0 radical (unpaired) electrons. The Balaban J connectivity index is 2.24. The topological polar surface area (TPSA) is 66.4 Å². The third kappa shape index (κ3) is 5.76. The fourth-order valence-corrected chi connectivity index (χ4v) is 2.87. The summed E-state index contributed by atoms with van der Waals surface area (Å²) in [7, 11) is 0. The lowest BCUT2D eigenvalue weighted by Gasteiger charge is -2.15. The van der Waals surface area contributed by atoms with Gasteiger partial charge in [-0.3, -0.25) is 4.79 Å². The van der Waals surface area contributed by atoms with Crippen LogP contribution in [0, 0.1) is 5.92 Å². The van der Waals surface area contributed by atoms with Crippen LogP contribution >= 0.6 is 11.8 Å². The van der Waals surface area contributed by atoms with Gasteiger partial charge in [0, 0.05) is 6.42 Å². The van der Waals surface area contributed by atoms with E-state index in [1.807, 2.05) is 6.26 Å². The van der Waals surface area contributed by atoms with Crippen molar-refractivity contribution in [3.8, 4) is 0 Å². The molecule has 1 rings (SSSR count). The summed E-state index contributed by atoms with van der Waals surface area (Å²) in [5, 5.41) is 11.6. The first kappa shape index (κ1) is 15.3. The van der Waals surface area contributed by atoms with E-state index in [9.17, 15) is 9.59 Å². The SMILES string of the molecule is CSCCC(NC(=O)CCC1CCCC1)C(=O)O. The summed E-state index contributed by atoms with van der Waals surface area (Å²) in [5.74, 6) is 0.374. The molecule has 5 heteroatoms. The zero-order valence-electron chi connectivity index (χ0n) is 11.0. The zero-order chi connectivity index (χ0) is 13.4. The molecule has 18 heavy (non-hydrogen) atoms. The van der Waals surface area contributed by atoms with Crippen LogP contribution in [0.5, 0.6) is 0 Å². The number of thioether (sulfide) groups is 1. The highest BCUT2D eigenvalue weighted by Gasteiger charge is 2.21. The number of carbonyl (C=O) groups is 2. The van der Waals surface area contributed by atoms with Gasteiger partial charge in [0.25, 0.3) is 0 Å². The van der Waals surface area contributed by atoms with Gasteiger partial charge in [0.1, 0.15) is 6.04 Å². The molecule has 2 N–H and O–H groups in total. The largest absolute Gasteiger partial charge is 0.480 e. The van der Waals surface area contributed by atoms with Crippen LogP contribution in [0.4, 0.5) is 0 Å². The van der Waals surface area contributed by atoms with Crippen LogP contribution in [0.1, 0.15) is 44.9 Å². The molecule has 1 aliphatic rings. The molecule has 0 aliphatic heterocycles. The predicted molar refractivity (Wildman–Crippen MR) is 73.8 cm³/mol. The Labute approximate surface area is 113 Å². The molecule has 0 bridgehead atoms. The highest BCUT2D eigenvalue weighted by atomic mass is 32.2. The molecule has 4 nitrogen and oxygen atoms in total. The molecule has 1 atom stereocenters. The molecule has 0 aromatic heterocycles. The van der Waals surface area contributed by atoms with Gasteiger partial charge >= 0.3 is 5.97 Å². The number of hydrogen-bond acceptors (Lipinski definition) is 3. The minimum atomic E-state index is -0.932. The highest BCUT2D eigenvalue weighted by molar-refractivity contribution is 7.98. The number of carboxylic acid groups (broad SMARTS) is 1. The van der Waals surface area contributed by atoms with Gasteiger partial charge < -0.3 is 10.4 Å². The first-order valence-electron chi connectivity index (χ1n) is 6.64. The van der Waals surface area contributed by atoms with E-state index in [1.54, 1.807) is 11.8 Å². The molecule has 0 saturated heterocycles. The van der Waals surface area contributed by atoms with Gasteiger partial charge in [-0.1, -0.05) is 25.7 Å². The van der Waals surface area contributed by atoms with Crippen molar-refractivity contribution in [1.82, 2.24) is 5.32 Å². The lowest BCUT2D eigenvalue weighted by atomic mass is 10.0. The number of nitrogens with one attached hydrogen (secondary N) is 1. The van der Waals surface area contributed by atoms with Crippen molar-refractivity contribution in [3.05, 3.63) is 0 Å². The molecule has 0 heterocycles. The number of carbonyl (C=O) groups excluding carboxylic acids is 1. The Morgan fingerprint density at radius 1 is 1.39 bits per heavy atom. The molecule has 1 amide bonds. The second-order valence-electron chi connectivity index (χ2n) is 4.93. The quantitative estimate of drug-likeness (QED) is 0.712. The van der Waals surface area contributed by atoms with E-state index in [2.05, 4.69) is 5.32 Å². The molecule has 1 unspecified atom stereocenters. The summed E-state index contributed by atoms with van der Waals surface area (Å²) >= 11 is 1.59. The zero-order valence-corrected chi connectivity index (χ0v) is 11.8. The Morgan fingerprint density at radius 2 is 2.06 bits per heavy atom. The molecule has 0 aromatic rings. The number of rotatable bonds is 8. The Morgan fingerprint density at radius 3 is 2.61 bits per heavy atom. The van der Waals surface area contributed by atoms with Crippen LogP contribution in [0.15, 0.2) is 0 Å². The molecular weight excluding hydrogens is 250 g/mol. The fraction of sp³-hybridized carbons (Fsp3) is 0.846. The highest BCUT2D eigenvalue weighted by Crippen LogP contribution is 2.28. The number of carboxylic acids is 1. The van der Waals surface area contributed by atoms with Crippen molar-refractivity contribution >= 4 is 23.6 Å². The second-order valence-corrected chi connectivity index (χ2v) is 5.91. The van der Waals surface area contributed by atoms with Gasteiger partial charge in [-0.15, -0.1) is 0 Å². The van der Waals surface area contributed by atoms with Crippen LogP contribution in [0.25, 0.3) is 0 Å². The Bertz CT molecular complexity index is 277. The van der Waals surface area contributed by atoms with E-state index >= 15 is 0 Å². The average Bonchev–Trinajstić information content (AvgIpc) is 2.84. The van der Waals surface area contributed by atoms with Gasteiger partial charge in [0.05, 0.1) is 0 Å². The van der Waals surface area contributed by atoms with Crippen LogP contribution in [0.3, 0.4) is 0 Å². The fourth-order valence-electron chi connectivity index (χ4n) is 2.39.